The van der Waals surface area contributed by atoms with Crippen LogP contribution in [0.25, 0.3) is 4.91 Å². The van der Waals surface area contributed by atoms with Crippen LogP contribution in [0.2, 0.25) is 0 Å². The van der Waals surface area contributed by atoms with Gasteiger partial charge in [0.2, 0.25) is 0 Å². The summed E-state index contributed by atoms with van der Waals surface area (Å²) in [6.07, 6.45) is 7.84. The van der Waals surface area contributed by atoms with Crippen LogP contribution in [-0.2, 0) is 0 Å². The minimum Gasteiger partial charge on any atom is -0.379 e. The number of nitrogens with zero attached hydrogens (tertiary/aromatic N) is 1. The van der Waals surface area contributed by atoms with E-state index in [9.17, 15) is 0 Å². The molecule has 0 aromatic heterocycles. The second-order valence-electron chi connectivity index (χ2n) is 8.33. The number of hydrogen-bond donors (Lipinski definition) is 1. The van der Waals surface area contributed by atoms with E-state index < -0.39 is 0 Å². The van der Waals surface area contributed by atoms with Crippen LogP contribution in [0, 0.1) is 5.92 Å². The van der Waals surface area contributed by atoms with Crippen LogP contribution in [0.1, 0.15) is 42.7 Å². The van der Waals surface area contributed by atoms with Crippen LogP contribution < -0.4 is 5.73 Å². The van der Waals surface area contributed by atoms with Crippen molar-refractivity contribution in [2.45, 2.75) is 40.9 Å². The fraction of sp³-hybridized carbons (Fsp3) is 0.400. The lowest BCUT2D eigenvalue weighted by molar-refractivity contribution is 0.320. The Morgan fingerprint density at radius 3 is 2.53 bits per heavy atom. The van der Waals surface area contributed by atoms with Crippen molar-refractivity contribution in [1.29, 1.82) is 0 Å². The molecular weight excluding hydrogens is 424 g/mol. The number of hydrogen-bond acceptors (Lipinski definition) is 5. The van der Waals surface area contributed by atoms with Crippen LogP contribution in [0.5, 0.6) is 0 Å². The smallest absolute Gasteiger partial charge is 0.154 e. The third-order valence-electron chi connectivity index (χ3n) is 6.40. The molecule has 2 N–H and O–H groups in total. The molecule has 0 spiro atoms. The molecule has 0 saturated heterocycles. The van der Waals surface area contributed by atoms with Gasteiger partial charge in [-0.05, 0) is 29.9 Å². The van der Waals surface area contributed by atoms with Gasteiger partial charge in [-0.1, -0.05) is 91.3 Å². The summed E-state index contributed by atoms with van der Waals surface area (Å²) in [5, 5.41) is 1.29. The first-order valence-electron chi connectivity index (χ1n) is 10.9. The molecule has 0 unspecified atom stereocenters. The number of rotatable bonds is 5. The van der Waals surface area contributed by atoms with E-state index in [0.29, 0.717) is 17.1 Å². The Balaban J connectivity index is 1.50. The highest BCUT2D eigenvalue weighted by Gasteiger charge is 2.49. The summed E-state index contributed by atoms with van der Waals surface area (Å²) in [6.45, 7) is 0.873. The Labute approximate surface area is 192 Å². The van der Waals surface area contributed by atoms with Gasteiger partial charge < -0.3 is 5.73 Å². The molecule has 2 nitrogen and oxygen atoms in total. The van der Waals surface area contributed by atoms with Gasteiger partial charge in [-0.25, -0.2) is 0 Å². The Morgan fingerprint density at radius 2 is 1.80 bits per heavy atom. The van der Waals surface area contributed by atoms with Crippen LogP contribution in [0.15, 0.2) is 71.7 Å². The van der Waals surface area contributed by atoms with Gasteiger partial charge in [0.25, 0.3) is 0 Å². The number of thioether (sulfide) groups is 3. The quantitative estimate of drug-likeness (QED) is 0.554. The molecule has 1 saturated carbocycles. The monoisotopic (exact) mass is 452 g/mol. The van der Waals surface area contributed by atoms with E-state index in [1.807, 2.05) is 0 Å². The minimum atomic E-state index is 0.233. The highest BCUT2D eigenvalue weighted by Crippen LogP contribution is 2.63. The molecule has 5 rings (SSSR count). The average Bonchev–Trinajstić information content (AvgIpc) is 3.23. The van der Waals surface area contributed by atoms with E-state index in [4.69, 9.17) is 5.73 Å². The topological polar surface area (TPSA) is 38.4 Å². The lowest BCUT2D eigenvalue weighted by atomic mass is 9.75. The summed E-state index contributed by atoms with van der Waals surface area (Å²) < 4.78 is 0.233. The maximum atomic E-state index is 5.95. The van der Waals surface area contributed by atoms with Crippen molar-refractivity contribution in [1.82, 2.24) is 0 Å². The number of nitrogens with two attached hydrogens (primary N) is 1. The predicted octanol–water partition coefficient (Wildman–Crippen LogP) is 6.61. The van der Waals surface area contributed by atoms with Gasteiger partial charge in [-0.3, -0.25) is 4.99 Å². The molecule has 156 valence electrons. The number of aliphatic imine (C=N–C) groups is 1. The molecule has 4 atom stereocenters. The molecule has 0 amide bonds. The van der Waals surface area contributed by atoms with Gasteiger partial charge in [-0.15, -0.1) is 23.5 Å². The number of allylic oxidation sites excluding steroid dienone is 1. The molecule has 2 aromatic rings. The van der Waals surface area contributed by atoms with E-state index in [1.54, 1.807) is 11.8 Å². The Hall–Kier alpha value is -1.30. The summed E-state index contributed by atoms with van der Waals surface area (Å²) >= 11 is 6.11. The lowest BCUT2D eigenvalue weighted by Crippen LogP contribution is -2.41. The number of amidine groups is 1. The molecule has 2 heterocycles. The van der Waals surface area contributed by atoms with Gasteiger partial charge in [0.05, 0.1) is 10.6 Å². The van der Waals surface area contributed by atoms with Crippen LogP contribution >= 0.6 is 35.3 Å². The average molecular weight is 453 g/mol. The fourth-order valence-corrected chi connectivity index (χ4v) is 9.62. The fourth-order valence-electron chi connectivity index (χ4n) is 4.95. The molecule has 1 aliphatic carbocycles. The maximum absolute atomic E-state index is 5.95. The van der Waals surface area contributed by atoms with Crippen molar-refractivity contribution in [3.8, 4) is 0 Å². The lowest BCUT2D eigenvalue weighted by Gasteiger charge is -2.50. The molecule has 2 aromatic carbocycles. The Kier molecular flexibility index (Phi) is 6.22. The van der Waals surface area contributed by atoms with Crippen molar-refractivity contribution >= 4 is 45.4 Å². The van der Waals surface area contributed by atoms with Crippen molar-refractivity contribution in [2.75, 3.05) is 12.3 Å². The summed E-state index contributed by atoms with van der Waals surface area (Å²) in [7, 11) is 0. The van der Waals surface area contributed by atoms with Gasteiger partial charge in [0, 0.05) is 21.8 Å². The number of benzene rings is 2. The predicted molar refractivity (Wildman–Crippen MR) is 136 cm³/mol. The Morgan fingerprint density at radius 1 is 1.03 bits per heavy atom. The summed E-state index contributed by atoms with van der Waals surface area (Å²) in [5.41, 5.74) is 8.77. The highest BCUT2D eigenvalue weighted by atomic mass is 32.2. The van der Waals surface area contributed by atoms with Crippen LogP contribution in [0.4, 0.5) is 0 Å². The maximum Gasteiger partial charge on any atom is 0.154 e. The van der Waals surface area contributed by atoms with E-state index in [0.717, 1.165) is 17.5 Å². The van der Waals surface area contributed by atoms with E-state index in [2.05, 4.69) is 95.3 Å². The van der Waals surface area contributed by atoms with Crippen molar-refractivity contribution in [3.05, 3.63) is 77.9 Å². The molecule has 2 aliphatic heterocycles. The Bertz CT molecular complexity index is 928. The van der Waals surface area contributed by atoms with E-state index in [-0.39, 0.29) is 4.08 Å². The zero-order chi connectivity index (χ0) is 20.4. The summed E-state index contributed by atoms with van der Waals surface area (Å²) in [6, 6.07) is 22.1. The largest absolute Gasteiger partial charge is 0.379 e. The first-order chi connectivity index (χ1) is 14.7. The summed E-state index contributed by atoms with van der Waals surface area (Å²) in [4.78, 5) is 5.88. The molecule has 0 radical (unpaired) electrons. The van der Waals surface area contributed by atoms with Gasteiger partial charge >= 0.3 is 0 Å². The van der Waals surface area contributed by atoms with Crippen LogP contribution in [0.3, 0.4) is 0 Å². The molecule has 3 aliphatic rings. The van der Waals surface area contributed by atoms with Crippen LogP contribution in [-0.4, -0.2) is 26.8 Å². The summed E-state index contributed by atoms with van der Waals surface area (Å²) in [5.74, 6) is 2.27. The second-order valence-corrected chi connectivity index (χ2v) is 12.6. The molecule has 1 fully saturated rings. The van der Waals surface area contributed by atoms with E-state index >= 15 is 0 Å². The molecule has 0 bridgehead atoms. The number of fused-ring (bicyclic) bond motifs is 1. The first kappa shape index (κ1) is 20.6. The zero-order valence-electron chi connectivity index (χ0n) is 17.1. The second kappa shape index (κ2) is 9.05. The van der Waals surface area contributed by atoms with Crippen molar-refractivity contribution in [3.63, 3.8) is 0 Å². The minimum absolute atomic E-state index is 0.233. The molecular formula is C25H28N2S3. The SMILES string of the molecule is NC1=NC[C@@H](CS[C@@]23CCCC[C@@H]2[C@H](c2ccccc2)C=C(c2ccccc2)S3)S1. The van der Waals surface area contributed by atoms with Crippen molar-refractivity contribution in [2.24, 2.45) is 16.6 Å². The van der Waals surface area contributed by atoms with Crippen molar-refractivity contribution < 1.29 is 0 Å². The van der Waals surface area contributed by atoms with Gasteiger partial charge in [-0.2, -0.15) is 0 Å². The van der Waals surface area contributed by atoms with Gasteiger partial charge in [0.15, 0.2) is 5.17 Å². The third kappa shape index (κ3) is 4.21. The van der Waals surface area contributed by atoms with Gasteiger partial charge in [0.1, 0.15) is 0 Å². The molecule has 5 heteroatoms. The van der Waals surface area contributed by atoms with E-state index in [1.165, 1.54) is 41.7 Å². The third-order valence-corrected chi connectivity index (χ3v) is 11.2. The standard InChI is InChI=1S/C25H28N2S3/c26-24-27-16-20(29-24)17-28-25-14-8-7-13-22(25)21(18-9-3-1-4-10-18)15-23(30-25)19-11-5-2-6-12-19/h1-6,9-12,15,20-22H,7-8,13-14,16-17H2,(H2,26,27)/t20-,21-,22+,25+/m0/s1. The first-order valence-corrected chi connectivity index (χ1v) is 13.5. The highest BCUT2D eigenvalue weighted by molar-refractivity contribution is 8.23. The molecule has 30 heavy (non-hydrogen) atoms. The zero-order valence-corrected chi connectivity index (χ0v) is 19.5. The normalized spacial score (nSPS) is 31.0.